The summed E-state index contributed by atoms with van der Waals surface area (Å²) in [4.78, 5) is 23.2. The first kappa shape index (κ1) is 16.6. The van der Waals surface area contributed by atoms with Crippen LogP contribution in [0.25, 0.3) is 27.4 Å². The van der Waals surface area contributed by atoms with E-state index in [-0.39, 0.29) is 5.78 Å². The minimum absolute atomic E-state index is 0.0445. The van der Waals surface area contributed by atoms with Gasteiger partial charge in [-0.3, -0.25) is 4.79 Å². The molecule has 28 heavy (non-hydrogen) atoms. The van der Waals surface area contributed by atoms with Crippen molar-refractivity contribution in [3.63, 3.8) is 0 Å². The third kappa shape index (κ3) is 2.19. The Morgan fingerprint density at radius 2 is 1.68 bits per heavy atom. The molecule has 0 fully saturated rings. The second kappa shape index (κ2) is 5.70. The van der Waals surface area contributed by atoms with Gasteiger partial charge in [-0.1, -0.05) is 48.5 Å². The lowest BCUT2D eigenvalue weighted by Gasteiger charge is -2.34. The normalized spacial score (nSPS) is 16.5. The van der Waals surface area contributed by atoms with Gasteiger partial charge < -0.3 is 15.6 Å². The van der Waals surface area contributed by atoms with Gasteiger partial charge in [-0.15, -0.1) is 0 Å². The molecule has 0 amide bonds. The van der Waals surface area contributed by atoms with E-state index < -0.39 is 5.54 Å². The van der Waals surface area contributed by atoms with Crippen molar-refractivity contribution in [2.75, 3.05) is 4.90 Å². The van der Waals surface area contributed by atoms with Gasteiger partial charge in [0.05, 0.1) is 16.7 Å². The number of H-pyrrole nitrogens is 1. The number of nitrogens with one attached hydrogen (secondary N) is 1. The number of aromatic amines is 1. The van der Waals surface area contributed by atoms with E-state index in [0.717, 1.165) is 27.5 Å². The second-order valence-electron chi connectivity index (χ2n) is 7.58. The SMILES string of the molecule is CC1(C)C(=O)C(c2nc3ccccc3[nH]2)=C(N)N1c1cccc2ccccc12. The molecule has 0 spiro atoms. The van der Waals surface area contributed by atoms with E-state index in [1.807, 2.05) is 67.3 Å². The lowest BCUT2D eigenvalue weighted by molar-refractivity contribution is -0.116. The summed E-state index contributed by atoms with van der Waals surface area (Å²) >= 11 is 0. The van der Waals surface area contributed by atoms with Gasteiger partial charge in [-0.2, -0.15) is 0 Å². The van der Waals surface area contributed by atoms with Crippen LogP contribution in [0.2, 0.25) is 0 Å². The van der Waals surface area contributed by atoms with Crippen LogP contribution >= 0.6 is 0 Å². The number of para-hydroxylation sites is 2. The number of nitrogens with two attached hydrogens (primary N) is 1. The lowest BCUT2D eigenvalue weighted by Crippen LogP contribution is -2.45. The number of rotatable bonds is 2. The van der Waals surface area contributed by atoms with Crippen LogP contribution in [0, 0.1) is 0 Å². The molecule has 5 heteroatoms. The maximum atomic E-state index is 13.4. The molecule has 4 aromatic rings. The molecular formula is C23H20N4O. The van der Waals surface area contributed by atoms with Crippen molar-refractivity contribution in [3.8, 4) is 0 Å². The van der Waals surface area contributed by atoms with Crippen molar-refractivity contribution in [1.29, 1.82) is 0 Å². The van der Waals surface area contributed by atoms with Crippen molar-refractivity contribution < 1.29 is 4.79 Å². The number of nitrogens with zero attached hydrogens (tertiary/aromatic N) is 2. The third-order valence-electron chi connectivity index (χ3n) is 5.47. The summed E-state index contributed by atoms with van der Waals surface area (Å²) in [6, 6.07) is 21.9. The van der Waals surface area contributed by atoms with Crippen molar-refractivity contribution in [2.45, 2.75) is 19.4 Å². The third-order valence-corrected chi connectivity index (χ3v) is 5.47. The smallest absolute Gasteiger partial charge is 0.195 e. The topological polar surface area (TPSA) is 75.0 Å². The van der Waals surface area contributed by atoms with Crippen LogP contribution in [0.5, 0.6) is 0 Å². The summed E-state index contributed by atoms with van der Waals surface area (Å²) in [5.74, 6) is 0.891. The van der Waals surface area contributed by atoms with Gasteiger partial charge in [0, 0.05) is 5.39 Å². The van der Waals surface area contributed by atoms with Crippen LogP contribution in [0.3, 0.4) is 0 Å². The van der Waals surface area contributed by atoms with Crippen LogP contribution in [0.15, 0.2) is 72.6 Å². The number of hydrogen-bond acceptors (Lipinski definition) is 4. The van der Waals surface area contributed by atoms with E-state index in [9.17, 15) is 4.79 Å². The Morgan fingerprint density at radius 3 is 2.50 bits per heavy atom. The zero-order valence-corrected chi connectivity index (χ0v) is 15.7. The molecule has 1 aliphatic heterocycles. The Hall–Kier alpha value is -3.60. The van der Waals surface area contributed by atoms with Gasteiger partial charge >= 0.3 is 0 Å². The fourth-order valence-corrected chi connectivity index (χ4v) is 4.07. The number of benzene rings is 3. The fraction of sp³-hybridized carbons (Fsp3) is 0.130. The Labute approximate surface area is 162 Å². The number of Topliss-reactive ketones (excluding diaryl/α,β-unsaturated/α-hetero) is 1. The number of fused-ring (bicyclic) bond motifs is 2. The Bertz CT molecular complexity index is 1240. The highest BCUT2D eigenvalue weighted by Gasteiger charge is 2.47. The molecule has 0 radical (unpaired) electrons. The fourth-order valence-electron chi connectivity index (χ4n) is 4.07. The van der Waals surface area contributed by atoms with Gasteiger partial charge in [0.2, 0.25) is 0 Å². The summed E-state index contributed by atoms with van der Waals surface area (Å²) in [7, 11) is 0. The van der Waals surface area contributed by atoms with Crippen LogP contribution < -0.4 is 10.6 Å². The number of imidazole rings is 1. The molecule has 0 saturated carbocycles. The predicted octanol–water partition coefficient (Wildman–Crippen LogP) is 4.21. The van der Waals surface area contributed by atoms with Crippen molar-refractivity contribution >= 4 is 38.8 Å². The van der Waals surface area contributed by atoms with E-state index in [1.165, 1.54) is 0 Å². The molecule has 138 valence electrons. The van der Waals surface area contributed by atoms with E-state index in [4.69, 9.17) is 5.73 Å². The van der Waals surface area contributed by atoms with Crippen molar-refractivity contribution in [2.24, 2.45) is 5.73 Å². The monoisotopic (exact) mass is 368 g/mol. The summed E-state index contributed by atoms with van der Waals surface area (Å²) in [5, 5.41) is 2.16. The van der Waals surface area contributed by atoms with E-state index in [2.05, 4.69) is 28.2 Å². The minimum Gasteiger partial charge on any atom is -0.384 e. The maximum Gasteiger partial charge on any atom is 0.195 e. The Morgan fingerprint density at radius 1 is 0.964 bits per heavy atom. The first-order valence-corrected chi connectivity index (χ1v) is 9.26. The van der Waals surface area contributed by atoms with Gasteiger partial charge in [0.15, 0.2) is 5.78 Å². The summed E-state index contributed by atoms with van der Waals surface area (Å²) in [5.41, 5.74) is 8.82. The molecular weight excluding hydrogens is 348 g/mol. The molecule has 3 aromatic carbocycles. The molecule has 1 aliphatic rings. The molecule has 3 N–H and O–H groups in total. The van der Waals surface area contributed by atoms with Crippen LogP contribution in [-0.2, 0) is 4.79 Å². The van der Waals surface area contributed by atoms with Crippen molar-refractivity contribution in [3.05, 3.63) is 78.4 Å². The molecule has 5 nitrogen and oxygen atoms in total. The highest BCUT2D eigenvalue weighted by Crippen LogP contribution is 2.42. The molecule has 5 rings (SSSR count). The molecule has 0 atom stereocenters. The van der Waals surface area contributed by atoms with Gasteiger partial charge in [-0.05, 0) is 37.4 Å². The Balaban J connectivity index is 1.74. The number of anilines is 1. The average molecular weight is 368 g/mol. The first-order chi connectivity index (χ1) is 13.5. The van der Waals surface area contributed by atoms with Gasteiger partial charge in [0.25, 0.3) is 0 Å². The minimum atomic E-state index is -0.817. The average Bonchev–Trinajstić information content (AvgIpc) is 3.18. The summed E-state index contributed by atoms with van der Waals surface area (Å²) in [6.45, 7) is 3.80. The standard InChI is InChI=1S/C23H20N4O/c1-23(2)20(28)19(22-25-16-11-5-6-12-17(16)26-22)21(24)27(23)18-13-7-9-14-8-3-4-10-15(14)18/h3-13H,24H2,1-2H3,(H,25,26). The van der Waals surface area contributed by atoms with Crippen LogP contribution in [0.1, 0.15) is 19.7 Å². The molecule has 1 aromatic heterocycles. The molecule has 0 unspecified atom stereocenters. The zero-order valence-electron chi connectivity index (χ0n) is 15.7. The summed E-state index contributed by atoms with van der Waals surface area (Å²) in [6.07, 6.45) is 0. The van der Waals surface area contributed by atoms with Crippen LogP contribution in [-0.4, -0.2) is 21.3 Å². The number of ketones is 1. The zero-order chi connectivity index (χ0) is 19.5. The molecule has 2 heterocycles. The lowest BCUT2D eigenvalue weighted by atomic mass is 9.95. The molecule has 0 bridgehead atoms. The number of aromatic nitrogens is 2. The van der Waals surface area contributed by atoms with E-state index in [1.54, 1.807) is 0 Å². The second-order valence-corrected chi connectivity index (χ2v) is 7.58. The Kier molecular flexibility index (Phi) is 3.37. The first-order valence-electron chi connectivity index (χ1n) is 9.26. The quantitative estimate of drug-likeness (QED) is 0.556. The number of carbonyl (C=O) groups is 1. The van der Waals surface area contributed by atoms with Crippen LogP contribution in [0.4, 0.5) is 5.69 Å². The van der Waals surface area contributed by atoms with E-state index in [0.29, 0.717) is 17.2 Å². The van der Waals surface area contributed by atoms with Gasteiger partial charge in [0.1, 0.15) is 22.8 Å². The largest absolute Gasteiger partial charge is 0.384 e. The molecule has 0 aliphatic carbocycles. The predicted molar refractivity (Wildman–Crippen MR) is 113 cm³/mol. The highest BCUT2D eigenvalue weighted by molar-refractivity contribution is 6.30. The maximum absolute atomic E-state index is 13.4. The summed E-state index contributed by atoms with van der Waals surface area (Å²) < 4.78 is 0. The van der Waals surface area contributed by atoms with E-state index >= 15 is 0 Å². The molecule has 0 saturated heterocycles. The van der Waals surface area contributed by atoms with Crippen molar-refractivity contribution in [1.82, 2.24) is 9.97 Å². The number of carbonyl (C=O) groups excluding carboxylic acids is 1. The number of hydrogen-bond donors (Lipinski definition) is 2. The van der Waals surface area contributed by atoms with Gasteiger partial charge in [-0.25, -0.2) is 4.98 Å². The highest BCUT2D eigenvalue weighted by atomic mass is 16.1.